The molecule has 0 unspecified atom stereocenters. The largest absolute Gasteiger partial charge is 1.00 e. The van der Waals surface area contributed by atoms with E-state index in [1.165, 1.54) is 18.2 Å². The van der Waals surface area contributed by atoms with Gasteiger partial charge in [0.25, 0.3) is 0 Å². The summed E-state index contributed by atoms with van der Waals surface area (Å²) in [5.74, 6) is -1.31. The SMILES string of the molecule is Nc1c(Cl)cccc1C(=O)[O-].[Na+]. The number of nitrogen functional groups attached to an aromatic ring is 1. The van der Waals surface area contributed by atoms with Crippen molar-refractivity contribution in [2.24, 2.45) is 0 Å². The summed E-state index contributed by atoms with van der Waals surface area (Å²) in [4.78, 5) is 10.3. The molecular formula is C7H5ClNNaO2. The molecule has 0 radical (unpaired) electrons. The fourth-order valence-electron chi connectivity index (χ4n) is 0.715. The van der Waals surface area contributed by atoms with Gasteiger partial charge in [0.1, 0.15) is 0 Å². The molecule has 1 rings (SSSR count). The molecule has 0 saturated carbocycles. The van der Waals surface area contributed by atoms with Gasteiger partial charge in [0.15, 0.2) is 0 Å². The first-order valence-electron chi connectivity index (χ1n) is 2.88. The Morgan fingerprint density at radius 1 is 1.50 bits per heavy atom. The number of halogens is 1. The van der Waals surface area contributed by atoms with Gasteiger partial charge in [-0.25, -0.2) is 0 Å². The van der Waals surface area contributed by atoms with Crippen LogP contribution >= 0.6 is 11.6 Å². The second-order valence-electron chi connectivity index (χ2n) is 1.99. The van der Waals surface area contributed by atoms with Crippen molar-refractivity contribution in [1.82, 2.24) is 0 Å². The molecule has 3 nitrogen and oxygen atoms in total. The first-order valence-corrected chi connectivity index (χ1v) is 3.26. The van der Waals surface area contributed by atoms with Crippen LogP contribution in [0.15, 0.2) is 18.2 Å². The van der Waals surface area contributed by atoms with Crippen LogP contribution in [0.4, 0.5) is 5.69 Å². The summed E-state index contributed by atoms with van der Waals surface area (Å²) in [6.07, 6.45) is 0. The summed E-state index contributed by atoms with van der Waals surface area (Å²) in [7, 11) is 0. The van der Waals surface area contributed by atoms with Gasteiger partial charge in [0.2, 0.25) is 0 Å². The van der Waals surface area contributed by atoms with E-state index in [2.05, 4.69) is 0 Å². The molecule has 0 spiro atoms. The molecule has 2 N–H and O–H groups in total. The van der Waals surface area contributed by atoms with Gasteiger partial charge in [-0.2, -0.15) is 0 Å². The van der Waals surface area contributed by atoms with Crippen LogP contribution in [0, 0.1) is 0 Å². The molecule has 1 aromatic rings. The topological polar surface area (TPSA) is 66.2 Å². The average molecular weight is 194 g/mol. The monoisotopic (exact) mass is 193 g/mol. The fraction of sp³-hybridized carbons (Fsp3) is 0. The number of rotatable bonds is 1. The Balaban J connectivity index is 0.00000121. The van der Waals surface area contributed by atoms with E-state index >= 15 is 0 Å². The van der Waals surface area contributed by atoms with Crippen molar-refractivity contribution in [1.29, 1.82) is 0 Å². The Bertz CT molecular complexity index is 303. The number of para-hydroxylation sites is 1. The molecule has 0 bridgehead atoms. The average Bonchev–Trinajstić information content (AvgIpc) is 1.94. The van der Waals surface area contributed by atoms with Gasteiger partial charge >= 0.3 is 29.6 Å². The molecule has 0 aliphatic rings. The second-order valence-corrected chi connectivity index (χ2v) is 2.40. The van der Waals surface area contributed by atoms with E-state index in [4.69, 9.17) is 17.3 Å². The number of carbonyl (C=O) groups is 1. The Morgan fingerprint density at radius 2 is 2.08 bits per heavy atom. The third-order valence-corrected chi connectivity index (χ3v) is 1.60. The summed E-state index contributed by atoms with van der Waals surface area (Å²) in [6.45, 7) is 0. The van der Waals surface area contributed by atoms with Crippen molar-refractivity contribution in [2.75, 3.05) is 5.73 Å². The minimum Gasteiger partial charge on any atom is -0.545 e. The van der Waals surface area contributed by atoms with Crippen molar-refractivity contribution >= 4 is 23.3 Å². The van der Waals surface area contributed by atoms with Crippen LogP contribution in [0.25, 0.3) is 0 Å². The normalized spacial score (nSPS) is 8.75. The van der Waals surface area contributed by atoms with E-state index in [0.29, 0.717) is 0 Å². The second kappa shape index (κ2) is 4.72. The van der Waals surface area contributed by atoms with Crippen LogP contribution in [0.2, 0.25) is 5.02 Å². The quantitative estimate of drug-likeness (QED) is 0.390. The number of hydrogen-bond acceptors (Lipinski definition) is 3. The number of carboxylic acid groups (broad SMARTS) is 1. The van der Waals surface area contributed by atoms with E-state index in [0.717, 1.165) is 0 Å². The minimum atomic E-state index is -1.31. The third-order valence-electron chi connectivity index (χ3n) is 1.27. The van der Waals surface area contributed by atoms with Crippen LogP contribution < -0.4 is 40.4 Å². The minimum absolute atomic E-state index is 0. The van der Waals surface area contributed by atoms with Crippen molar-refractivity contribution in [3.63, 3.8) is 0 Å². The summed E-state index contributed by atoms with van der Waals surface area (Å²) < 4.78 is 0. The molecule has 5 heteroatoms. The number of aromatic carboxylic acids is 1. The summed E-state index contributed by atoms with van der Waals surface area (Å²) in [5.41, 5.74) is 5.31. The van der Waals surface area contributed by atoms with Crippen molar-refractivity contribution < 1.29 is 39.5 Å². The summed E-state index contributed by atoms with van der Waals surface area (Å²) in [5, 5.41) is 10.6. The van der Waals surface area contributed by atoms with Crippen LogP contribution in [-0.2, 0) is 0 Å². The van der Waals surface area contributed by atoms with E-state index < -0.39 is 5.97 Å². The number of anilines is 1. The van der Waals surface area contributed by atoms with Crippen LogP contribution in [-0.4, -0.2) is 5.97 Å². The molecule has 0 fully saturated rings. The Hall–Kier alpha value is -0.220. The molecule has 0 heterocycles. The van der Waals surface area contributed by atoms with Gasteiger partial charge in [-0.3, -0.25) is 0 Å². The standard InChI is InChI=1S/C7H6ClNO2.Na/c8-5-3-1-2-4(6(5)9)7(10)11;/h1-3H,9H2,(H,10,11);/q;+1/p-1. The van der Waals surface area contributed by atoms with Crippen molar-refractivity contribution in [2.45, 2.75) is 0 Å². The van der Waals surface area contributed by atoms with Gasteiger partial charge in [-0.05, 0) is 6.07 Å². The van der Waals surface area contributed by atoms with Crippen LogP contribution in [0.1, 0.15) is 10.4 Å². The zero-order chi connectivity index (χ0) is 8.43. The van der Waals surface area contributed by atoms with E-state index in [-0.39, 0.29) is 45.8 Å². The molecule has 58 valence electrons. The number of nitrogens with two attached hydrogens (primary N) is 1. The maximum absolute atomic E-state index is 10.3. The molecule has 0 aliphatic carbocycles. The Labute approximate surface area is 96.8 Å². The predicted octanol–water partition coefficient (Wildman–Crippen LogP) is -2.71. The van der Waals surface area contributed by atoms with E-state index in [1.807, 2.05) is 0 Å². The first kappa shape index (κ1) is 11.8. The third kappa shape index (κ3) is 2.38. The Morgan fingerprint density at radius 3 is 2.50 bits per heavy atom. The molecule has 0 atom stereocenters. The van der Waals surface area contributed by atoms with Crippen LogP contribution in [0.3, 0.4) is 0 Å². The van der Waals surface area contributed by atoms with Crippen LogP contribution in [0.5, 0.6) is 0 Å². The fourth-order valence-corrected chi connectivity index (χ4v) is 0.890. The number of carboxylic acids is 1. The number of carbonyl (C=O) groups excluding carboxylic acids is 1. The van der Waals surface area contributed by atoms with Gasteiger partial charge < -0.3 is 15.6 Å². The van der Waals surface area contributed by atoms with Gasteiger partial charge in [0, 0.05) is 5.56 Å². The molecule has 0 aromatic heterocycles. The smallest absolute Gasteiger partial charge is 0.545 e. The number of hydrogen-bond donors (Lipinski definition) is 1. The molecule has 0 amide bonds. The van der Waals surface area contributed by atoms with Gasteiger partial charge in [-0.1, -0.05) is 23.7 Å². The zero-order valence-electron chi connectivity index (χ0n) is 6.50. The molecule has 1 aromatic carbocycles. The van der Waals surface area contributed by atoms with E-state index in [9.17, 15) is 9.90 Å². The molecule has 0 saturated heterocycles. The van der Waals surface area contributed by atoms with Gasteiger partial charge in [0.05, 0.1) is 16.7 Å². The van der Waals surface area contributed by atoms with Gasteiger partial charge in [-0.15, -0.1) is 0 Å². The molecular weight excluding hydrogens is 189 g/mol. The zero-order valence-corrected chi connectivity index (χ0v) is 9.26. The summed E-state index contributed by atoms with van der Waals surface area (Å²) >= 11 is 5.54. The predicted molar refractivity (Wildman–Crippen MR) is 40.2 cm³/mol. The molecule has 12 heavy (non-hydrogen) atoms. The van der Waals surface area contributed by atoms with E-state index in [1.54, 1.807) is 0 Å². The molecule has 0 aliphatic heterocycles. The van der Waals surface area contributed by atoms with Crippen molar-refractivity contribution in [3.05, 3.63) is 28.8 Å². The first-order chi connectivity index (χ1) is 5.13. The number of benzene rings is 1. The maximum Gasteiger partial charge on any atom is 1.00 e. The Kier molecular flexibility index (Phi) is 4.63. The summed E-state index contributed by atoms with van der Waals surface area (Å²) in [6, 6.07) is 4.36. The van der Waals surface area contributed by atoms with Crippen molar-refractivity contribution in [3.8, 4) is 0 Å². The maximum atomic E-state index is 10.3.